The number of hydrogen-bond acceptors (Lipinski definition) is 18. The number of benzene rings is 4. The van der Waals surface area contributed by atoms with E-state index in [0.29, 0.717) is 50.2 Å². The number of carboxylic acids is 1. The summed E-state index contributed by atoms with van der Waals surface area (Å²) in [6.45, 7) is 0.638. The van der Waals surface area contributed by atoms with Crippen LogP contribution in [0, 0.1) is 11.8 Å². The van der Waals surface area contributed by atoms with Gasteiger partial charge in [0.15, 0.2) is 0 Å². The Bertz CT molecular complexity index is 3980. The monoisotopic (exact) mass is 1500 g/mol. The Morgan fingerprint density at radius 2 is 0.899 bits per heavy atom. The van der Waals surface area contributed by atoms with E-state index >= 15 is 0 Å². The van der Waals surface area contributed by atoms with Gasteiger partial charge in [-0.2, -0.15) is 9.59 Å². The van der Waals surface area contributed by atoms with Crippen LogP contribution in [0.25, 0.3) is 22.8 Å². The molecule has 109 heavy (non-hydrogen) atoms. The number of esters is 1. The van der Waals surface area contributed by atoms with Gasteiger partial charge in [0.05, 0.1) is 18.7 Å². The third-order valence-corrected chi connectivity index (χ3v) is 21.3. The summed E-state index contributed by atoms with van der Waals surface area (Å²) < 4.78 is 17.1. The molecule has 0 radical (unpaired) electrons. The zero-order chi connectivity index (χ0) is 73.1. The van der Waals surface area contributed by atoms with Gasteiger partial charge < -0.3 is 55.5 Å². The average molecular weight is 1500 g/mol. The fourth-order valence-corrected chi connectivity index (χ4v) is 15.1. The number of fused-ring (bicyclic) bond motifs is 4. The Morgan fingerprint density at radius 1 is 0.505 bits per heavy atom. The maximum atomic E-state index is 14.5. The molecular weight excluding hydrogens is 1390 g/mol. The first-order valence-corrected chi connectivity index (χ1v) is 37.5. The summed E-state index contributed by atoms with van der Waals surface area (Å²) in [4.78, 5) is 115. The van der Waals surface area contributed by atoms with Crippen molar-refractivity contribution in [1.29, 1.82) is 0 Å². The number of hydrogen-bond donors (Lipinski definition) is 6. The molecule has 6 N–H and O–H groups in total. The number of tetrazole rings is 2. The standard InChI is InChI=1S/C39H47N7O6.C31H39N7O6.C8H10O.4CH4/c47-35-33-24-30(46-43-34(42-44-46)28-16-8-5-9-17-28)26-45(33)36(48)32(40-38(50)52-31-19-12-13-20-31)21-11-3-1-2-10-18-29-25-39(29,41-35)37(49)51-23-22-27-14-6-4-7-15-27;39-27-25-17-22(38-35-26(34-36-38)20-11-5-4-6-12-20)19-37(25)28(40)24(32-30(43)44-23-14-9-10-15-23)16-8-3-1-2-7-13-21-18-31(21,33-27)29(41)42;9-7-6-8-4-2-1-3-5-8;;;;/h4-10,14-18,29-33H,1-3,11-13,19-26H2,(H,40,50)(H,41,47);4-7,11-13,21-25H,1-3,8-10,14-19H2,(H,32,43)(H,33,39)(H,41,42);1-5,9H,6-7H2;4*1H4/b18-10-;13-7-;;;;;/t29?,30-,32+,33+,39-;21?,22-,24+,25+,31-;;;;;/m11...../s1. The summed E-state index contributed by atoms with van der Waals surface area (Å²) in [5.74, 6) is -3.09. The van der Waals surface area contributed by atoms with E-state index in [0.717, 1.165) is 113 Å². The summed E-state index contributed by atoms with van der Waals surface area (Å²) in [6, 6.07) is 33.8. The van der Waals surface area contributed by atoms with Crippen molar-refractivity contribution in [3.63, 3.8) is 0 Å². The van der Waals surface area contributed by atoms with Gasteiger partial charge in [0.1, 0.15) is 47.5 Å². The molecule has 4 saturated carbocycles. The number of aromatic nitrogens is 8. The molecule has 10 atom stereocenters. The van der Waals surface area contributed by atoms with Crippen LogP contribution in [0.4, 0.5) is 9.59 Å². The predicted octanol–water partition coefficient (Wildman–Crippen LogP) is 11.5. The molecule has 2 unspecified atom stereocenters. The van der Waals surface area contributed by atoms with Gasteiger partial charge in [-0.05, 0) is 131 Å². The van der Waals surface area contributed by atoms with Crippen LogP contribution in [-0.2, 0) is 55.8 Å². The van der Waals surface area contributed by atoms with Crippen molar-refractivity contribution >= 4 is 47.8 Å². The summed E-state index contributed by atoms with van der Waals surface area (Å²) in [6.07, 6.45) is 23.1. The zero-order valence-electron chi connectivity index (χ0n) is 59.3. The van der Waals surface area contributed by atoms with Crippen LogP contribution in [0.3, 0.4) is 0 Å². The van der Waals surface area contributed by atoms with E-state index in [1.165, 1.54) is 25.0 Å². The van der Waals surface area contributed by atoms with E-state index in [4.69, 9.17) is 19.3 Å². The molecule has 8 aliphatic rings. The van der Waals surface area contributed by atoms with Crippen molar-refractivity contribution in [3.8, 4) is 22.8 Å². The molecule has 6 fully saturated rings. The largest absolute Gasteiger partial charge is 0.479 e. The van der Waals surface area contributed by atoms with E-state index in [2.05, 4.69) is 58.2 Å². The lowest BCUT2D eigenvalue weighted by Crippen LogP contribution is -2.56. The second kappa shape index (κ2) is 40.3. The number of alkyl carbamates (subject to hydrolysis) is 2. The molecule has 6 aromatic rings. The smallest absolute Gasteiger partial charge is 0.408 e. The van der Waals surface area contributed by atoms with Crippen molar-refractivity contribution in [1.82, 2.24) is 71.5 Å². The van der Waals surface area contributed by atoms with E-state index in [9.17, 15) is 43.5 Å². The molecule has 27 heteroatoms. The third kappa shape index (κ3) is 21.8. The lowest BCUT2D eigenvalue weighted by atomic mass is 10.0. The normalized spacial score (nSPS) is 26.1. The van der Waals surface area contributed by atoms with Gasteiger partial charge in [-0.25, -0.2) is 19.2 Å². The summed E-state index contributed by atoms with van der Waals surface area (Å²) >= 11 is 0. The van der Waals surface area contributed by atoms with Crippen LogP contribution in [0.1, 0.15) is 194 Å². The molecule has 4 aliphatic heterocycles. The molecule has 588 valence electrons. The SMILES string of the molecule is C.C.C.C.O=C(N[C@H]1CCCCC/C=C\C2C[C@@]2(C(=O)O)NC(=O)[C@@H]2C[C@@H](n3nnc(-c4ccccc4)n3)CN2C1=O)OC1CCCC1.O=C(N[C@H]1CCCCC/C=C\C2C[C@@]2(C(=O)OCCc2ccccc2)NC(=O)[C@@H]2C[C@@H](n3nnc(-c4ccccc4)n3)CN2C1=O)OC1CCCC1.OCCc1ccccc1. The summed E-state index contributed by atoms with van der Waals surface area (Å²) in [7, 11) is 0. The van der Waals surface area contributed by atoms with Crippen LogP contribution >= 0.6 is 0 Å². The molecule has 2 aromatic heterocycles. The van der Waals surface area contributed by atoms with Crippen molar-refractivity contribution in [2.45, 2.75) is 243 Å². The molecule has 4 aliphatic carbocycles. The van der Waals surface area contributed by atoms with Crippen LogP contribution in [0.5, 0.6) is 0 Å². The van der Waals surface area contributed by atoms with Gasteiger partial charge >= 0.3 is 24.1 Å². The highest BCUT2D eigenvalue weighted by molar-refractivity contribution is 5.98. The Kier molecular flexibility index (Phi) is 31.2. The lowest BCUT2D eigenvalue weighted by Gasteiger charge is -2.30. The number of nitrogens with one attached hydrogen (secondary N) is 4. The molecule has 0 bridgehead atoms. The number of aliphatic hydroxyl groups excluding tert-OH is 1. The molecule has 27 nitrogen and oxygen atoms in total. The van der Waals surface area contributed by atoms with Crippen LogP contribution < -0.4 is 21.3 Å². The van der Waals surface area contributed by atoms with Gasteiger partial charge in [0, 0.05) is 61.9 Å². The van der Waals surface area contributed by atoms with E-state index < -0.39 is 89.2 Å². The number of amides is 6. The molecular formula is C82H112N14O13. The topological polar surface area (TPSA) is 347 Å². The maximum Gasteiger partial charge on any atom is 0.408 e. The lowest BCUT2D eigenvalue weighted by molar-refractivity contribution is -0.150. The molecule has 6 heterocycles. The third-order valence-electron chi connectivity index (χ3n) is 21.3. The highest BCUT2D eigenvalue weighted by atomic mass is 16.6. The quantitative estimate of drug-likeness (QED) is 0.0316. The van der Waals surface area contributed by atoms with E-state index in [1.807, 2.05) is 140 Å². The number of carbonyl (C=O) groups is 8. The number of allylic oxidation sites excluding steroid dienone is 2. The van der Waals surface area contributed by atoms with Crippen molar-refractivity contribution in [3.05, 3.63) is 157 Å². The Balaban J connectivity index is 0.000000240. The molecule has 14 rings (SSSR count). The van der Waals surface area contributed by atoms with Crippen molar-refractivity contribution in [2.24, 2.45) is 11.8 Å². The number of nitrogens with zero attached hydrogens (tertiary/aromatic N) is 10. The van der Waals surface area contributed by atoms with Gasteiger partial charge in [-0.1, -0.05) is 201 Å². The first kappa shape index (κ1) is 84.4. The van der Waals surface area contributed by atoms with E-state index in [1.54, 1.807) is 0 Å². The number of carboxylic acid groups (broad SMARTS) is 1. The minimum Gasteiger partial charge on any atom is -0.479 e. The van der Waals surface area contributed by atoms with Gasteiger partial charge in [0.25, 0.3) is 0 Å². The molecule has 6 amide bonds. The molecule has 2 saturated heterocycles. The Morgan fingerprint density at radius 3 is 1.33 bits per heavy atom. The number of ether oxygens (including phenoxy) is 3. The van der Waals surface area contributed by atoms with Crippen LogP contribution in [0.2, 0.25) is 0 Å². The summed E-state index contributed by atoms with van der Waals surface area (Å²) in [5, 5.41) is 56.2. The second-order valence-electron chi connectivity index (χ2n) is 28.7. The average Bonchev–Trinajstić information content (AvgIpc) is 1.58. The summed E-state index contributed by atoms with van der Waals surface area (Å²) in [5.41, 5.74) is 1.17. The highest BCUT2D eigenvalue weighted by Gasteiger charge is 2.63. The van der Waals surface area contributed by atoms with Crippen LogP contribution in [0.15, 0.2) is 146 Å². The minimum absolute atomic E-state index is 0. The van der Waals surface area contributed by atoms with Gasteiger partial charge in [0.2, 0.25) is 35.3 Å². The van der Waals surface area contributed by atoms with E-state index in [-0.39, 0.29) is 105 Å². The first-order valence-electron chi connectivity index (χ1n) is 37.5. The molecule has 0 spiro atoms. The Labute approximate surface area is 640 Å². The molecule has 4 aromatic carbocycles. The van der Waals surface area contributed by atoms with Crippen LogP contribution in [-0.4, -0.2) is 182 Å². The first-order chi connectivity index (χ1) is 51.2. The predicted molar refractivity (Wildman–Crippen MR) is 411 cm³/mol. The van der Waals surface area contributed by atoms with Gasteiger partial charge in [-0.15, -0.1) is 20.4 Å². The maximum absolute atomic E-state index is 14.5. The zero-order valence-corrected chi connectivity index (χ0v) is 59.3. The fourth-order valence-electron chi connectivity index (χ4n) is 15.1. The highest BCUT2D eigenvalue weighted by Crippen LogP contribution is 2.48. The second-order valence-corrected chi connectivity index (χ2v) is 28.7. The number of aliphatic carboxylic acids is 1. The fraction of sp³-hybridized carbons (Fsp3) is 0.537. The van der Waals surface area contributed by atoms with Crippen molar-refractivity contribution < 1.29 is 62.8 Å². The number of aliphatic hydroxyl groups is 1. The van der Waals surface area contributed by atoms with Gasteiger partial charge in [-0.3, -0.25) is 19.2 Å². The Hall–Kier alpha value is -10.2. The minimum atomic E-state index is -1.41. The van der Waals surface area contributed by atoms with Crippen molar-refractivity contribution in [2.75, 3.05) is 26.3 Å². The number of carbonyl (C=O) groups excluding carboxylic acids is 7. The number of rotatable bonds is 15.